The van der Waals surface area contributed by atoms with Crippen LogP contribution in [0.5, 0.6) is 5.75 Å². The van der Waals surface area contributed by atoms with Crippen LogP contribution in [-0.4, -0.2) is 22.1 Å². The number of ether oxygens (including phenoxy) is 1. The van der Waals surface area contributed by atoms with Gasteiger partial charge in [0.2, 0.25) is 0 Å². The Morgan fingerprint density at radius 1 is 1.22 bits per heavy atom. The first-order chi connectivity index (χ1) is 11.0. The summed E-state index contributed by atoms with van der Waals surface area (Å²) in [7, 11) is -2.52. The van der Waals surface area contributed by atoms with Crippen molar-refractivity contribution in [3.05, 3.63) is 54.3 Å². The zero-order chi connectivity index (χ0) is 16.9. The maximum absolute atomic E-state index is 13.4. The molecule has 0 saturated heterocycles. The zero-order valence-electron chi connectivity index (χ0n) is 12.4. The molecule has 0 fully saturated rings. The van der Waals surface area contributed by atoms with Gasteiger partial charge in [0.1, 0.15) is 11.6 Å². The van der Waals surface area contributed by atoms with Gasteiger partial charge in [-0.25, -0.2) is 12.8 Å². The van der Waals surface area contributed by atoms with Crippen molar-refractivity contribution >= 4 is 15.7 Å². The smallest absolute Gasteiger partial charge is 0.264 e. The fraction of sp³-hybridized carbons (Fsp3) is 0.188. The molecule has 0 N–H and O–H groups in total. The molecular formula is C16H15FN2O3S. The Morgan fingerprint density at radius 3 is 2.61 bits per heavy atom. The lowest BCUT2D eigenvalue weighted by Crippen LogP contribution is -2.32. The SMILES string of the molecule is COc1cccc(N(CCC#N)S(=O)(=O)c2cccc(F)c2)c1. The van der Waals surface area contributed by atoms with E-state index in [9.17, 15) is 12.8 Å². The molecule has 0 aliphatic heterocycles. The fourth-order valence-electron chi connectivity index (χ4n) is 2.06. The second-order valence-corrected chi connectivity index (χ2v) is 6.51. The Kier molecular flexibility index (Phi) is 5.19. The van der Waals surface area contributed by atoms with E-state index >= 15 is 0 Å². The predicted molar refractivity (Wildman–Crippen MR) is 84.2 cm³/mol. The summed E-state index contributed by atoms with van der Waals surface area (Å²) in [5.74, 6) is -0.157. The highest BCUT2D eigenvalue weighted by Crippen LogP contribution is 2.27. The van der Waals surface area contributed by atoms with Crippen LogP contribution in [0.3, 0.4) is 0 Å². The lowest BCUT2D eigenvalue weighted by Gasteiger charge is -2.24. The Labute approximate surface area is 134 Å². The summed E-state index contributed by atoms with van der Waals surface area (Å²) >= 11 is 0. The molecule has 7 heteroatoms. The molecule has 0 radical (unpaired) electrons. The van der Waals surface area contributed by atoms with Gasteiger partial charge in [-0.05, 0) is 30.3 Å². The van der Waals surface area contributed by atoms with Gasteiger partial charge < -0.3 is 4.74 Å². The largest absolute Gasteiger partial charge is 0.497 e. The third-order valence-electron chi connectivity index (χ3n) is 3.15. The topological polar surface area (TPSA) is 70.4 Å². The normalized spacial score (nSPS) is 10.8. The standard InChI is InChI=1S/C16H15FN2O3S/c1-22-15-7-3-6-14(12-15)19(10-4-9-18)23(20,21)16-8-2-5-13(17)11-16/h2-3,5-8,11-12H,4,10H2,1H3. The first-order valence-corrected chi connectivity index (χ1v) is 8.22. The van der Waals surface area contributed by atoms with Crippen molar-refractivity contribution in [1.29, 1.82) is 5.26 Å². The van der Waals surface area contributed by atoms with Gasteiger partial charge in [0.05, 0.1) is 30.2 Å². The van der Waals surface area contributed by atoms with E-state index in [1.807, 2.05) is 6.07 Å². The monoisotopic (exact) mass is 334 g/mol. The van der Waals surface area contributed by atoms with Gasteiger partial charge in [-0.2, -0.15) is 5.26 Å². The third kappa shape index (κ3) is 3.79. The van der Waals surface area contributed by atoms with Gasteiger partial charge >= 0.3 is 0 Å². The van der Waals surface area contributed by atoms with Crippen molar-refractivity contribution < 1.29 is 17.5 Å². The maximum atomic E-state index is 13.4. The van der Waals surface area contributed by atoms with Crippen LogP contribution in [-0.2, 0) is 10.0 Å². The van der Waals surface area contributed by atoms with E-state index in [1.165, 1.54) is 25.3 Å². The Bertz CT molecular complexity index is 831. The maximum Gasteiger partial charge on any atom is 0.264 e. The summed E-state index contributed by atoms with van der Waals surface area (Å²) in [6, 6.07) is 13.2. The molecule has 0 amide bonds. The minimum atomic E-state index is -3.99. The Morgan fingerprint density at radius 2 is 1.96 bits per heavy atom. The summed E-state index contributed by atoms with van der Waals surface area (Å²) in [5.41, 5.74) is 0.351. The molecule has 23 heavy (non-hydrogen) atoms. The predicted octanol–water partition coefficient (Wildman–Crippen LogP) is 2.94. The van der Waals surface area contributed by atoms with Crippen molar-refractivity contribution in [3.63, 3.8) is 0 Å². The lowest BCUT2D eigenvalue weighted by atomic mass is 10.3. The molecule has 0 aromatic heterocycles. The summed E-state index contributed by atoms with van der Waals surface area (Å²) in [6.07, 6.45) is 0.00571. The van der Waals surface area contributed by atoms with Crippen LogP contribution >= 0.6 is 0 Å². The molecule has 2 aromatic carbocycles. The highest BCUT2D eigenvalue weighted by Gasteiger charge is 2.25. The van der Waals surface area contributed by atoms with Gasteiger partial charge in [0.15, 0.2) is 0 Å². The highest BCUT2D eigenvalue weighted by molar-refractivity contribution is 7.92. The molecule has 0 atom stereocenters. The van der Waals surface area contributed by atoms with Crippen molar-refractivity contribution in [2.45, 2.75) is 11.3 Å². The molecule has 0 heterocycles. The number of nitriles is 1. The molecule has 120 valence electrons. The third-order valence-corrected chi connectivity index (χ3v) is 4.98. The van der Waals surface area contributed by atoms with Crippen molar-refractivity contribution in [3.8, 4) is 11.8 Å². The lowest BCUT2D eigenvalue weighted by molar-refractivity contribution is 0.415. The Balaban J connectivity index is 2.51. The van der Waals surface area contributed by atoms with Crippen LogP contribution in [0.15, 0.2) is 53.4 Å². The van der Waals surface area contributed by atoms with Gasteiger partial charge in [-0.3, -0.25) is 4.31 Å². The molecule has 2 aromatic rings. The fourth-order valence-corrected chi connectivity index (χ4v) is 3.55. The first-order valence-electron chi connectivity index (χ1n) is 6.78. The van der Waals surface area contributed by atoms with Crippen LogP contribution in [0, 0.1) is 17.1 Å². The summed E-state index contributed by atoms with van der Waals surface area (Å²) < 4.78 is 45.2. The second kappa shape index (κ2) is 7.11. The van der Waals surface area contributed by atoms with Crippen molar-refractivity contribution in [2.24, 2.45) is 0 Å². The van der Waals surface area contributed by atoms with Crippen LogP contribution in [0.2, 0.25) is 0 Å². The van der Waals surface area contributed by atoms with Crippen molar-refractivity contribution in [2.75, 3.05) is 18.0 Å². The minimum absolute atomic E-state index is 0.00571. The molecule has 0 spiro atoms. The van der Waals surface area contributed by atoms with Crippen LogP contribution < -0.4 is 9.04 Å². The molecule has 0 bridgehead atoms. The van der Waals surface area contributed by atoms with Gasteiger partial charge in [-0.1, -0.05) is 12.1 Å². The van der Waals surface area contributed by atoms with E-state index in [0.29, 0.717) is 11.4 Å². The number of hydrogen-bond acceptors (Lipinski definition) is 4. The molecule has 0 saturated carbocycles. The van der Waals surface area contributed by atoms with Gasteiger partial charge in [-0.15, -0.1) is 0 Å². The number of halogens is 1. The molecule has 0 aliphatic rings. The highest BCUT2D eigenvalue weighted by atomic mass is 32.2. The van der Waals surface area contributed by atoms with Crippen LogP contribution in [0.1, 0.15) is 6.42 Å². The van der Waals surface area contributed by atoms with Gasteiger partial charge in [0.25, 0.3) is 10.0 Å². The molecule has 0 unspecified atom stereocenters. The molecule has 5 nitrogen and oxygen atoms in total. The summed E-state index contributed by atoms with van der Waals surface area (Å²) in [5, 5.41) is 8.79. The Hall–Kier alpha value is -2.59. The first kappa shape index (κ1) is 16.8. The number of hydrogen-bond donors (Lipinski definition) is 0. The van der Waals surface area contributed by atoms with Crippen LogP contribution in [0.4, 0.5) is 10.1 Å². The number of benzene rings is 2. The number of rotatable bonds is 6. The second-order valence-electron chi connectivity index (χ2n) is 4.64. The number of anilines is 1. The number of sulfonamides is 1. The molecule has 0 aliphatic carbocycles. The minimum Gasteiger partial charge on any atom is -0.497 e. The summed E-state index contributed by atoms with van der Waals surface area (Å²) in [4.78, 5) is -0.168. The summed E-state index contributed by atoms with van der Waals surface area (Å²) in [6.45, 7) is -0.0392. The molecule has 2 rings (SSSR count). The van der Waals surface area contributed by atoms with E-state index < -0.39 is 15.8 Å². The van der Waals surface area contributed by atoms with E-state index in [-0.39, 0.29) is 17.9 Å². The average molecular weight is 334 g/mol. The average Bonchev–Trinajstić information content (AvgIpc) is 2.55. The molecular weight excluding hydrogens is 319 g/mol. The zero-order valence-corrected chi connectivity index (χ0v) is 13.3. The number of methoxy groups -OCH3 is 1. The van der Waals surface area contributed by atoms with E-state index in [2.05, 4.69) is 0 Å². The van der Waals surface area contributed by atoms with E-state index in [1.54, 1.807) is 24.3 Å². The van der Waals surface area contributed by atoms with E-state index in [0.717, 1.165) is 10.4 Å². The van der Waals surface area contributed by atoms with Crippen LogP contribution in [0.25, 0.3) is 0 Å². The quantitative estimate of drug-likeness (QED) is 0.814. The number of nitrogens with zero attached hydrogens (tertiary/aromatic N) is 2. The van der Waals surface area contributed by atoms with E-state index in [4.69, 9.17) is 10.00 Å². The van der Waals surface area contributed by atoms with Gasteiger partial charge in [0, 0.05) is 12.6 Å². The van der Waals surface area contributed by atoms with Crippen molar-refractivity contribution in [1.82, 2.24) is 0 Å².